The predicted molar refractivity (Wildman–Crippen MR) is 133 cm³/mol. The van der Waals surface area contributed by atoms with Gasteiger partial charge >= 0.3 is 0 Å². The first-order chi connectivity index (χ1) is 13.8. The van der Waals surface area contributed by atoms with Gasteiger partial charge in [-0.3, -0.25) is 9.48 Å². The summed E-state index contributed by atoms with van der Waals surface area (Å²) >= 11 is 4.67. The molecule has 0 amide bonds. The van der Waals surface area contributed by atoms with E-state index in [1.165, 1.54) is 17.9 Å². The van der Waals surface area contributed by atoms with Crippen molar-refractivity contribution in [2.45, 2.75) is 40.0 Å². The quantitative estimate of drug-likeness (QED) is 0.253. The minimum atomic E-state index is -0.634. The summed E-state index contributed by atoms with van der Waals surface area (Å²) in [6.07, 6.45) is -0.634. The van der Waals surface area contributed by atoms with Crippen molar-refractivity contribution in [1.29, 1.82) is 0 Å². The van der Waals surface area contributed by atoms with E-state index in [1.807, 2.05) is 13.8 Å². The molecule has 0 unspecified atom stereocenters. The number of nitrogens with zero attached hydrogens (tertiary/aromatic N) is 3. The molecule has 5 nitrogen and oxygen atoms in total. The maximum atomic E-state index is 11.9. The summed E-state index contributed by atoms with van der Waals surface area (Å²) in [4.78, 5) is 11.9. The Kier molecular flexibility index (Phi) is 5.73. The molecule has 4 rings (SSSR count). The first-order valence-electron chi connectivity index (χ1n) is 9.36. The Morgan fingerprint density at radius 2 is 1.59 bits per heavy atom. The summed E-state index contributed by atoms with van der Waals surface area (Å²) in [7, 11) is 0. The predicted octanol–water partition coefficient (Wildman–Crippen LogP) is 5.08. The van der Waals surface area contributed by atoms with Gasteiger partial charge in [0.05, 0.1) is 30.5 Å². The number of fused-ring (bicyclic) bond motifs is 3. The Morgan fingerprint density at radius 1 is 1.03 bits per heavy atom. The van der Waals surface area contributed by atoms with Crippen LogP contribution in [0.5, 0.6) is 0 Å². The van der Waals surface area contributed by atoms with Crippen LogP contribution in [0.1, 0.15) is 28.7 Å². The van der Waals surface area contributed by atoms with Gasteiger partial charge in [0.15, 0.2) is 5.78 Å². The van der Waals surface area contributed by atoms with Crippen LogP contribution in [0.4, 0.5) is 0 Å². The SMILES string of the molecule is CC(=O)c1c(C)nn(C[C@H](O)Cn2c3ccc(I)cc3c3cc(I)ccc32)c1C. The van der Waals surface area contributed by atoms with Crippen LogP contribution in [0, 0.1) is 21.0 Å². The molecule has 1 atom stereocenters. The van der Waals surface area contributed by atoms with Gasteiger partial charge in [-0.1, -0.05) is 0 Å². The van der Waals surface area contributed by atoms with Crippen molar-refractivity contribution in [3.05, 3.63) is 60.5 Å². The van der Waals surface area contributed by atoms with Gasteiger partial charge in [0, 0.05) is 34.6 Å². The Bertz CT molecular complexity index is 1200. The third-order valence-corrected chi connectivity index (χ3v) is 6.64. The minimum Gasteiger partial charge on any atom is -0.389 e. The van der Waals surface area contributed by atoms with E-state index >= 15 is 0 Å². The van der Waals surface area contributed by atoms with Crippen LogP contribution in [0.25, 0.3) is 21.8 Å². The molecule has 0 radical (unpaired) electrons. The van der Waals surface area contributed by atoms with E-state index in [4.69, 9.17) is 0 Å². The van der Waals surface area contributed by atoms with Gasteiger partial charge in [0.25, 0.3) is 0 Å². The van der Waals surface area contributed by atoms with E-state index in [1.54, 1.807) is 11.6 Å². The molecule has 4 aromatic rings. The minimum absolute atomic E-state index is 0.00680. The first kappa shape index (κ1) is 20.8. The maximum absolute atomic E-state index is 11.9. The van der Waals surface area contributed by atoms with Crippen LogP contribution in [0.2, 0.25) is 0 Å². The molecule has 0 fully saturated rings. The standard InChI is InChI=1S/C22H21I2N3O2/c1-12-22(14(3)28)13(2)27(25-12)11-17(29)10-26-20-6-4-15(23)8-18(20)19-9-16(24)5-7-21(19)26/h4-9,17,29H,10-11H2,1-3H3/t17-/m1/s1. The smallest absolute Gasteiger partial charge is 0.163 e. The van der Waals surface area contributed by atoms with Gasteiger partial charge in [-0.25, -0.2) is 0 Å². The number of hydrogen-bond acceptors (Lipinski definition) is 3. The number of Topliss-reactive ketones (excluding diaryl/α,β-unsaturated/α-hetero) is 1. The first-order valence-corrected chi connectivity index (χ1v) is 11.5. The van der Waals surface area contributed by atoms with Crippen LogP contribution < -0.4 is 0 Å². The number of halogens is 2. The number of benzene rings is 2. The molecule has 0 aliphatic rings. The fourth-order valence-corrected chi connectivity index (χ4v) is 5.08. The summed E-state index contributed by atoms with van der Waals surface area (Å²) in [5, 5.41) is 17.8. The number of carbonyl (C=O) groups is 1. The number of ketones is 1. The van der Waals surface area contributed by atoms with Crippen LogP contribution in [-0.4, -0.2) is 31.3 Å². The second kappa shape index (κ2) is 7.99. The summed E-state index contributed by atoms with van der Waals surface area (Å²) in [5.41, 5.74) is 4.39. The highest BCUT2D eigenvalue weighted by atomic mass is 127. The fraction of sp³-hybridized carbons (Fsp3) is 0.273. The van der Waals surface area contributed by atoms with Gasteiger partial charge in [0.2, 0.25) is 0 Å². The van der Waals surface area contributed by atoms with Crippen LogP contribution in [0.15, 0.2) is 36.4 Å². The molecule has 29 heavy (non-hydrogen) atoms. The number of aliphatic hydroxyl groups excluding tert-OH is 1. The largest absolute Gasteiger partial charge is 0.389 e. The fourth-order valence-electron chi connectivity index (χ4n) is 4.10. The molecule has 0 saturated heterocycles. The van der Waals surface area contributed by atoms with Gasteiger partial charge in [-0.15, -0.1) is 0 Å². The molecule has 0 bridgehead atoms. The van der Waals surface area contributed by atoms with Crippen molar-refractivity contribution in [2.75, 3.05) is 0 Å². The normalized spacial score (nSPS) is 12.8. The highest BCUT2D eigenvalue weighted by Gasteiger charge is 2.19. The van der Waals surface area contributed by atoms with Crippen molar-refractivity contribution < 1.29 is 9.90 Å². The highest BCUT2D eigenvalue weighted by Crippen LogP contribution is 2.31. The lowest BCUT2D eigenvalue weighted by Gasteiger charge is -2.15. The zero-order chi connectivity index (χ0) is 20.9. The van der Waals surface area contributed by atoms with Crippen molar-refractivity contribution in [3.63, 3.8) is 0 Å². The van der Waals surface area contributed by atoms with Crippen molar-refractivity contribution in [1.82, 2.24) is 14.3 Å². The van der Waals surface area contributed by atoms with E-state index in [2.05, 4.69) is 91.2 Å². The van der Waals surface area contributed by atoms with Gasteiger partial charge in [0.1, 0.15) is 0 Å². The summed E-state index contributed by atoms with van der Waals surface area (Å²) < 4.78 is 6.30. The molecule has 2 heterocycles. The summed E-state index contributed by atoms with van der Waals surface area (Å²) in [5.74, 6) is 0.00680. The lowest BCUT2D eigenvalue weighted by atomic mass is 10.1. The zero-order valence-electron chi connectivity index (χ0n) is 16.4. The number of aromatic nitrogens is 3. The van der Waals surface area contributed by atoms with Gasteiger partial charge < -0.3 is 9.67 Å². The molecule has 2 aromatic heterocycles. The molecular formula is C22H21I2N3O2. The van der Waals surface area contributed by atoms with Crippen LogP contribution in [0.3, 0.4) is 0 Å². The Hall–Kier alpha value is -1.46. The Labute approximate surface area is 196 Å². The molecule has 7 heteroatoms. The van der Waals surface area contributed by atoms with E-state index in [0.717, 1.165) is 16.7 Å². The number of aliphatic hydroxyl groups is 1. The second-order valence-corrected chi connectivity index (χ2v) is 9.86. The molecule has 1 N–H and O–H groups in total. The molecular weight excluding hydrogens is 592 g/mol. The van der Waals surface area contributed by atoms with Gasteiger partial charge in [-0.2, -0.15) is 5.10 Å². The van der Waals surface area contributed by atoms with E-state index in [9.17, 15) is 9.90 Å². The number of rotatable bonds is 5. The summed E-state index contributed by atoms with van der Waals surface area (Å²) in [6.45, 7) is 6.07. The number of carbonyl (C=O) groups excluding carboxylic acids is 1. The molecule has 0 aliphatic carbocycles. The molecule has 0 aliphatic heterocycles. The monoisotopic (exact) mass is 613 g/mol. The summed E-state index contributed by atoms with van der Waals surface area (Å²) in [6, 6.07) is 12.8. The van der Waals surface area contributed by atoms with E-state index in [0.29, 0.717) is 24.3 Å². The zero-order valence-corrected chi connectivity index (χ0v) is 20.7. The molecule has 0 spiro atoms. The topological polar surface area (TPSA) is 60.1 Å². The number of aryl methyl sites for hydroxylation is 1. The Morgan fingerprint density at radius 3 is 2.07 bits per heavy atom. The van der Waals surface area contributed by atoms with E-state index in [-0.39, 0.29) is 5.78 Å². The van der Waals surface area contributed by atoms with Crippen LogP contribution in [-0.2, 0) is 13.1 Å². The second-order valence-electron chi connectivity index (χ2n) is 7.37. The number of hydrogen-bond donors (Lipinski definition) is 1. The van der Waals surface area contributed by atoms with E-state index < -0.39 is 6.10 Å². The lowest BCUT2D eigenvalue weighted by Crippen LogP contribution is -2.23. The third kappa shape index (κ3) is 3.84. The Balaban J connectivity index is 1.72. The average Bonchev–Trinajstić information content (AvgIpc) is 3.08. The van der Waals surface area contributed by atoms with Crippen molar-refractivity contribution in [3.8, 4) is 0 Å². The molecule has 2 aromatic carbocycles. The van der Waals surface area contributed by atoms with Crippen molar-refractivity contribution in [2.24, 2.45) is 0 Å². The van der Waals surface area contributed by atoms with Gasteiger partial charge in [-0.05, 0) is 102 Å². The molecule has 150 valence electrons. The van der Waals surface area contributed by atoms with Crippen molar-refractivity contribution >= 4 is 72.8 Å². The van der Waals surface area contributed by atoms with Crippen LogP contribution >= 0.6 is 45.2 Å². The maximum Gasteiger partial charge on any atom is 0.163 e. The molecule has 0 saturated carbocycles. The average molecular weight is 613 g/mol. The highest BCUT2D eigenvalue weighted by molar-refractivity contribution is 14.1. The lowest BCUT2D eigenvalue weighted by molar-refractivity contribution is 0.101. The third-order valence-electron chi connectivity index (χ3n) is 5.30.